The van der Waals surface area contributed by atoms with Crippen molar-refractivity contribution in [1.29, 1.82) is 0 Å². The molecule has 1 aromatic heterocycles. The first-order valence-corrected chi connectivity index (χ1v) is 7.61. The van der Waals surface area contributed by atoms with Crippen LogP contribution in [-0.2, 0) is 6.42 Å². The van der Waals surface area contributed by atoms with Crippen LogP contribution in [0.5, 0.6) is 0 Å². The van der Waals surface area contributed by atoms with Crippen LogP contribution in [0.25, 0.3) is 0 Å². The standard InChI is InChI=1S/C12H20BrN3S/c1-15-4-5-16(2)11(8-15)10(14)7-12-9(13)3-6-17-12/h3,6,10-11H,4-5,7-8,14H2,1-2H3. The van der Waals surface area contributed by atoms with E-state index in [2.05, 4.69) is 51.3 Å². The van der Waals surface area contributed by atoms with Crippen molar-refractivity contribution in [3.05, 3.63) is 20.8 Å². The number of halogens is 1. The van der Waals surface area contributed by atoms with E-state index in [4.69, 9.17) is 5.73 Å². The van der Waals surface area contributed by atoms with Gasteiger partial charge in [0.2, 0.25) is 0 Å². The smallest absolute Gasteiger partial charge is 0.0375 e. The summed E-state index contributed by atoms with van der Waals surface area (Å²) in [4.78, 5) is 6.12. The van der Waals surface area contributed by atoms with Gasteiger partial charge in [-0.1, -0.05) is 0 Å². The first kappa shape index (κ1) is 13.5. The largest absolute Gasteiger partial charge is 0.326 e. The molecule has 2 rings (SSSR count). The van der Waals surface area contributed by atoms with E-state index in [1.54, 1.807) is 11.3 Å². The summed E-state index contributed by atoms with van der Waals surface area (Å²) >= 11 is 5.36. The number of hydrogen-bond donors (Lipinski definition) is 1. The molecule has 17 heavy (non-hydrogen) atoms. The molecule has 1 aliphatic heterocycles. The summed E-state index contributed by atoms with van der Waals surface area (Å²) in [5.74, 6) is 0. The van der Waals surface area contributed by atoms with Gasteiger partial charge >= 0.3 is 0 Å². The maximum absolute atomic E-state index is 6.38. The van der Waals surface area contributed by atoms with E-state index >= 15 is 0 Å². The Morgan fingerprint density at radius 3 is 2.94 bits per heavy atom. The summed E-state index contributed by atoms with van der Waals surface area (Å²) in [6.07, 6.45) is 0.959. The third kappa shape index (κ3) is 3.29. The van der Waals surface area contributed by atoms with Crippen molar-refractivity contribution in [3.63, 3.8) is 0 Å². The van der Waals surface area contributed by atoms with Gasteiger partial charge in [0.1, 0.15) is 0 Å². The number of thiophene rings is 1. The summed E-state index contributed by atoms with van der Waals surface area (Å²) < 4.78 is 1.20. The Morgan fingerprint density at radius 1 is 1.53 bits per heavy atom. The van der Waals surface area contributed by atoms with Crippen LogP contribution >= 0.6 is 27.3 Å². The second-order valence-electron chi connectivity index (χ2n) is 4.87. The zero-order valence-corrected chi connectivity index (χ0v) is 12.8. The molecule has 5 heteroatoms. The van der Waals surface area contributed by atoms with Gasteiger partial charge in [0, 0.05) is 41.1 Å². The predicted octanol–water partition coefficient (Wildman–Crippen LogP) is 1.63. The molecule has 0 saturated carbocycles. The molecule has 2 heterocycles. The van der Waals surface area contributed by atoms with Crippen molar-refractivity contribution in [3.8, 4) is 0 Å². The van der Waals surface area contributed by atoms with Crippen molar-refractivity contribution < 1.29 is 0 Å². The molecule has 0 radical (unpaired) electrons. The molecule has 1 aromatic rings. The van der Waals surface area contributed by atoms with E-state index in [0.29, 0.717) is 6.04 Å². The molecule has 2 unspecified atom stereocenters. The zero-order chi connectivity index (χ0) is 12.4. The van der Waals surface area contributed by atoms with Gasteiger partial charge in [-0.2, -0.15) is 0 Å². The highest BCUT2D eigenvalue weighted by Gasteiger charge is 2.28. The molecule has 2 N–H and O–H groups in total. The summed E-state index contributed by atoms with van der Waals surface area (Å²) in [5.41, 5.74) is 6.38. The van der Waals surface area contributed by atoms with Crippen LogP contribution in [0.3, 0.4) is 0 Å². The molecule has 0 bridgehead atoms. The lowest BCUT2D eigenvalue weighted by Gasteiger charge is -2.40. The van der Waals surface area contributed by atoms with Gasteiger partial charge in [-0.05, 0) is 47.9 Å². The molecule has 0 aliphatic carbocycles. The van der Waals surface area contributed by atoms with Gasteiger partial charge in [-0.3, -0.25) is 4.90 Å². The first-order chi connectivity index (χ1) is 8.08. The van der Waals surface area contributed by atoms with Gasteiger partial charge in [0.15, 0.2) is 0 Å². The number of piperazine rings is 1. The Labute approximate surface area is 116 Å². The van der Waals surface area contributed by atoms with Crippen LogP contribution in [-0.4, -0.2) is 55.6 Å². The Hall–Kier alpha value is 0.0600. The minimum atomic E-state index is 0.206. The highest BCUT2D eigenvalue weighted by atomic mass is 79.9. The molecule has 96 valence electrons. The molecule has 0 spiro atoms. The van der Waals surface area contributed by atoms with Gasteiger partial charge in [-0.25, -0.2) is 0 Å². The number of nitrogens with zero attached hydrogens (tertiary/aromatic N) is 2. The zero-order valence-electron chi connectivity index (χ0n) is 10.4. The van der Waals surface area contributed by atoms with E-state index in [1.165, 1.54) is 9.35 Å². The Morgan fingerprint density at radius 2 is 2.29 bits per heavy atom. The molecule has 1 aliphatic rings. The van der Waals surface area contributed by atoms with Gasteiger partial charge in [-0.15, -0.1) is 11.3 Å². The maximum atomic E-state index is 6.38. The van der Waals surface area contributed by atoms with E-state index in [9.17, 15) is 0 Å². The molecular formula is C12H20BrN3S. The summed E-state index contributed by atoms with van der Waals surface area (Å²) in [7, 11) is 4.36. The molecule has 0 aromatic carbocycles. The normalized spacial score (nSPS) is 25.1. The third-order valence-corrected chi connectivity index (χ3v) is 5.45. The monoisotopic (exact) mass is 317 g/mol. The van der Waals surface area contributed by atoms with Crippen LogP contribution in [0.1, 0.15) is 4.88 Å². The van der Waals surface area contributed by atoms with Crippen LogP contribution in [0, 0.1) is 0 Å². The molecule has 2 atom stereocenters. The fourth-order valence-corrected chi connectivity index (χ4v) is 3.91. The first-order valence-electron chi connectivity index (χ1n) is 5.94. The van der Waals surface area contributed by atoms with Crippen molar-refractivity contribution in [1.82, 2.24) is 9.80 Å². The van der Waals surface area contributed by atoms with E-state index < -0.39 is 0 Å². The van der Waals surface area contributed by atoms with Crippen LogP contribution in [0.2, 0.25) is 0 Å². The Bertz CT molecular complexity index is 368. The van der Waals surface area contributed by atoms with E-state index in [1.807, 2.05) is 0 Å². The average molecular weight is 318 g/mol. The van der Waals surface area contributed by atoms with Crippen molar-refractivity contribution >= 4 is 27.3 Å². The minimum Gasteiger partial charge on any atom is -0.326 e. The van der Waals surface area contributed by atoms with Crippen LogP contribution < -0.4 is 5.73 Å². The van der Waals surface area contributed by atoms with Crippen molar-refractivity contribution in [2.45, 2.75) is 18.5 Å². The fraction of sp³-hybridized carbons (Fsp3) is 0.667. The third-order valence-electron chi connectivity index (χ3n) is 3.51. The number of rotatable bonds is 3. The maximum Gasteiger partial charge on any atom is 0.0375 e. The quantitative estimate of drug-likeness (QED) is 0.919. The Balaban J connectivity index is 1.99. The van der Waals surface area contributed by atoms with Gasteiger partial charge < -0.3 is 10.6 Å². The summed E-state index contributed by atoms with van der Waals surface area (Å²) in [6, 6.07) is 2.77. The predicted molar refractivity (Wildman–Crippen MR) is 77.6 cm³/mol. The molecular weight excluding hydrogens is 298 g/mol. The number of nitrogens with two attached hydrogens (primary N) is 1. The Kier molecular flexibility index (Phi) is 4.60. The minimum absolute atomic E-state index is 0.206. The number of hydrogen-bond acceptors (Lipinski definition) is 4. The van der Waals surface area contributed by atoms with Crippen LogP contribution in [0.4, 0.5) is 0 Å². The second-order valence-corrected chi connectivity index (χ2v) is 6.72. The van der Waals surface area contributed by atoms with E-state index in [-0.39, 0.29) is 6.04 Å². The van der Waals surface area contributed by atoms with Crippen molar-refractivity contribution in [2.75, 3.05) is 33.7 Å². The summed E-state index contributed by atoms with van der Waals surface area (Å²) in [5, 5.41) is 2.11. The molecule has 3 nitrogen and oxygen atoms in total. The molecule has 1 saturated heterocycles. The van der Waals surface area contributed by atoms with Crippen LogP contribution in [0.15, 0.2) is 15.9 Å². The lowest BCUT2D eigenvalue weighted by Crippen LogP contribution is -2.58. The average Bonchev–Trinajstić information content (AvgIpc) is 2.68. The van der Waals surface area contributed by atoms with E-state index in [0.717, 1.165) is 26.1 Å². The number of likely N-dealkylation sites (N-methyl/N-ethyl adjacent to an activating group) is 2. The topological polar surface area (TPSA) is 32.5 Å². The van der Waals surface area contributed by atoms with Gasteiger partial charge in [0.05, 0.1) is 0 Å². The SMILES string of the molecule is CN1CCN(C)C(C(N)Cc2sccc2Br)C1. The highest BCUT2D eigenvalue weighted by molar-refractivity contribution is 9.10. The summed E-state index contributed by atoms with van der Waals surface area (Å²) in [6.45, 7) is 3.32. The molecule has 1 fully saturated rings. The highest BCUT2D eigenvalue weighted by Crippen LogP contribution is 2.25. The fourth-order valence-electron chi connectivity index (χ4n) is 2.33. The lowest BCUT2D eigenvalue weighted by molar-refractivity contribution is 0.0975. The van der Waals surface area contributed by atoms with Gasteiger partial charge in [0.25, 0.3) is 0 Å². The van der Waals surface area contributed by atoms with Crippen molar-refractivity contribution in [2.24, 2.45) is 5.73 Å². The lowest BCUT2D eigenvalue weighted by atomic mass is 10.0. The molecule has 0 amide bonds. The second kappa shape index (κ2) is 5.80.